The highest BCUT2D eigenvalue weighted by Crippen LogP contribution is 2.34. The molecule has 1 unspecified atom stereocenters. The summed E-state index contributed by atoms with van der Waals surface area (Å²) in [5.74, 6) is 0.380. The zero-order valence-electron chi connectivity index (χ0n) is 15.1. The van der Waals surface area contributed by atoms with Gasteiger partial charge in [-0.25, -0.2) is 8.42 Å². The van der Waals surface area contributed by atoms with Crippen LogP contribution in [0.1, 0.15) is 31.9 Å². The maximum atomic E-state index is 13.2. The van der Waals surface area contributed by atoms with Gasteiger partial charge in [0, 0.05) is 0 Å². The van der Waals surface area contributed by atoms with Crippen LogP contribution in [0.4, 0.5) is 0 Å². The zero-order chi connectivity index (χ0) is 18.2. The smallest absolute Gasteiger partial charge is 0.210 e. The van der Waals surface area contributed by atoms with E-state index in [0.717, 1.165) is 11.1 Å². The molecule has 1 heterocycles. The molecule has 3 rings (SSSR count). The molecule has 0 aromatic heterocycles. The third-order valence-electron chi connectivity index (χ3n) is 4.23. The first-order valence-corrected chi connectivity index (χ1v) is 9.87. The van der Waals surface area contributed by atoms with Crippen LogP contribution in [-0.4, -0.2) is 27.7 Å². The van der Waals surface area contributed by atoms with Crippen molar-refractivity contribution in [1.82, 2.24) is 0 Å². The summed E-state index contributed by atoms with van der Waals surface area (Å²) in [6.07, 6.45) is 0.0665. The lowest BCUT2D eigenvalue weighted by atomic mass is 9.87. The number of aryl methyl sites for hydroxylation is 1. The largest absolute Gasteiger partial charge is 0.489 e. The van der Waals surface area contributed by atoms with Crippen LogP contribution in [0.15, 0.2) is 52.3 Å². The maximum Gasteiger partial charge on any atom is 0.210 e. The third kappa shape index (κ3) is 4.05. The van der Waals surface area contributed by atoms with Gasteiger partial charge in [-0.15, -0.1) is 0 Å². The predicted octanol–water partition coefficient (Wildman–Crippen LogP) is 3.90. The van der Waals surface area contributed by atoms with Gasteiger partial charge in [0.05, 0.1) is 11.5 Å². The number of ether oxygens (including phenoxy) is 2. The number of hydrogen-bond acceptors (Lipinski definition) is 4. The molecule has 1 atom stereocenters. The normalized spacial score (nSPS) is 17.4. The maximum absolute atomic E-state index is 13.2. The molecule has 4 nitrogen and oxygen atoms in total. The van der Waals surface area contributed by atoms with Crippen LogP contribution >= 0.6 is 0 Å². The fourth-order valence-corrected chi connectivity index (χ4v) is 4.09. The first-order chi connectivity index (χ1) is 11.7. The molecule has 1 aliphatic rings. The second kappa shape index (κ2) is 6.46. The average molecular weight is 360 g/mol. The van der Waals surface area contributed by atoms with E-state index in [1.807, 2.05) is 19.1 Å². The van der Waals surface area contributed by atoms with Gasteiger partial charge in [-0.3, -0.25) is 0 Å². The van der Waals surface area contributed by atoms with Gasteiger partial charge >= 0.3 is 0 Å². The second-order valence-electron chi connectivity index (χ2n) is 7.50. The SMILES string of the molecule is Cc1cccc(S(=O)(=O)c2cc(C(C)(C)C)ccc2OCC2CO2)c1. The molecule has 5 heteroatoms. The second-order valence-corrected chi connectivity index (χ2v) is 9.42. The van der Waals surface area contributed by atoms with Crippen LogP contribution in [0.3, 0.4) is 0 Å². The Morgan fingerprint density at radius 2 is 1.88 bits per heavy atom. The molecule has 1 fully saturated rings. The monoisotopic (exact) mass is 360 g/mol. The van der Waals surface area contributed by atoms with Crippen molar-refractivity contribution in [3.63, 3.8) is 0 Å². The average Bonchev–Trinajstić information content (AvgIpc) is 3.36. The summed E-state index contributed by atoms with van der Waals surface area (Å²) in [6, 6.07) is 12.4. The first kappa shape index (κ1) is 18.0. The van der Waals surface area contributed by atoms with Crippen molar-refractivity contribution in [1.29, 1.82) is 0 Å². The Labute approximate surface area is 149 Å². The highest BCUT2D eigenvalue weighted by molar-refractivity contribution is 7.91. The van der Waals surface area contributed by atoms with E-state index in [1.54, 1.807) is 30.3 Å². The Bertz CT molecular complexity index is 875. The van der Waals surface area contributed by atoms with Crippen molar-refractivity contribution in [2.24, 2.45) is 0 Å². The Morgan fingerprint density at radius 3 is 2.48 bits per heavy atom. The van der Waals surface area contributed by atoms with E-state index in [4.69, 9.17) is 9.47 Å². The van der Waals surface area contributed by atoms with E-state index in [-0.39, 0.29) is 21.3 Å². The molecular formula is C20H24O4S. The van der Waals surface area contributed by atoms with Gasteiger partial charge in [-0.2, -0.15) is 0 Å². The lowest BCUT2D eigenvalue weighted by Gasteiger charge is -2.21. The van der Waals surface area contributed by atoms with Gasteiger partial charge in [0.1, 0.15) is 23.4 Å². The highest BCUT2D eigenvalue weighted by atomic mass is 32.2. The molecular weight excluding hydrogens is 336 g/mol. The van der Waals surface area contributed by atoms with Gasteiger partial charge in [-0.05, 0) is 47.7 Å². The summed E-state index contributed by atoms with van der Waals surface area (Å²) in [5, 5.41) is 0. The minimum atomic E-state index is -3.67. The molecule has 0 spiro atoms. The topological polar surface area (TPSA) is 55.9 Å². The molecule has 134 valence electrons. The van der Waals surface area contributed by atoms with E-state index in [0.29, 0.717) is 19.0 Å². The molecule has 1 saturated heterocycles. The van der Waals surface area contributed by atoms with Gasteiger partial charge < -0.3 is 9.47 Å². The molecule has 0 radical (unpaired) electrons. The number of benzene rings is 2. The Balaban J connectivity index is 2.09. The van der Waals surface area contributed by atoms with Crippen LogP contribution in [0, 0.1) is 6.92 Å². The van der Waals surface area contributed by atoms with Crippen LogP contribution < -0.4 is 4.74 Å². The van der Waals surface area contributed by atoms with Gasteiger partial charge in [0.25, 0.3) is 0 Å². The minimum absolute atomic E-state index is 0.0665. The van der Waals surface area contributed by atoms with Crippen molar-refractivity contribution in [3.05, 3.63) is 53.6 Å². The van der Waals surface area contributed by atoms with Crippen LogP contribution in [0.5, 0.6) is 5.75 Å². The minimum Gasteiger partial charge on any atom is -0.489 e. The van der Waals surface area contributed by atoms with Crippen molar-refractivity contribution in [2.75, 3.05) is 13.2 Å². The number of hydrogen-bond donors (Lipinski definition) is 0. The number of epoxide rings is 1. The fraction of sp³-hybridized carbons (Fsp3) is 0.400. The van der Waals surface area contributed by atoms with Crippen LogP contribution in [-0.2, 0) is 20.0 Å². The van der Waals surface area contributed by atoms with Crippen LogP contribution in [0.2, 0.25) is 0 Å². The van der Waals surface area contributed by atoms with Crippen molar-refractivity contribution in [2.45, 2.75) is 49.0 Å². The summed E-state index contributed by atoms with van der Waals surface area (Å²) in [7, 11) is -3.67. The quantitative estimate of drug-likeness (QED) is 0.759. The molecule has 1 aliphatic heterocycles. The Kier molecular flexibility index (Phi) is 4.64. The molecule has 0 aliphatic carbocycles. The molecule has 0 amide bonds. The lowest BCUT2D eigenvalue weighted by molar-refractivity contribution is 0.257. The van der Waals surface area contributed by atoms with Gasteiger partial charge in [-0.1, -0.05) is 39.0 Å². The van der Waals surface area contributed by atoms with E-state index < -0.39 is 9.84 Å². The van der Waals surface area contributed by atoms with E-state index in [2.05, 4.69) is 20.8 Å². The van der Waals surface area contributed by atoms with E-state index >= 15 is 0 Å². The number of sulfone groups is 1. The third-order valence-corrected chi connectivity index (χ3v) is 6.00. The predicted molar refractivity (Wildman–Crippen MR) is 97.0 cm³/mol. The van der Waals surface area contributed by atoms with Crippen molar-refractivity contribution < 1.29 is 17.9 Å². The van der Waals surface area contributed by atoms with Gasteiger partial charge in [0.2, 0.25) is 9.84 Å². The van der Waals surface area contributed by atoms with Crippen molar-refractivity contribution >= 4 is 9.84 Å². The molecule has 2 aromatic rings. The fourth-order valence-electron chi connectivity index (χ4n) is 2.56. The molecule has 0 N–H and O–H groups in total. The van der Waals surface area contributed by atoms with Gasteiger partial charge in [0.15, 0.2) is 0 Å². The first-order valence-electron chi connectivity index (χ1n) is 8.38. The Morgan fingerprint density at radius 1 is 1.16 bits per heavy atom. The van der Waals surface area contributed by atoms with Crippen LogP contribution in [0.25, 0.3) is 0 Å². The summed E-state index contributed by atoms with van der Waals surface area (Å²) < 4.78 is 37.4. The summed E-state index contributed by atoms with van der Waals surface area (Å²) >= 11 is 0. The Hall–Kier alpha value is -1.85. The van der Waals surface area contributed by atoms with Crippen molar-refractivity contribution in [3.8, 4) is 5.75 Å². The lowest BCUT2D eigenvalue weighted by Crippen LogP contribution is -2.14. The summed E-state index contributed by atoms with van der Waals surface area (Å²) in [5.41, 5.74) is 1.70. The highest BCUT2D eigenvalue weighted by Gasteiger charge is 2.28. The van der Waals surface area contributed by atoms with E-state index in [9.17, 15) is 8.42 Å². The molecule has 0 saturated carbocycles. The summed E-state index contributed by atoms with van der Waals surface area (Å²) in [4.78, 5) is 0.497. The molecule has 25 heavy (non-hydrogen) atoms. The standard InChI is InChI=1S/C20H24O4S/c1-14-6-5-7-17(10-14)25(21,22)19-11-15(20(2,3)4)8-9-18(19)24-13-16-12-23-16/h5-11,16H,12-13H2,1-4H3. The molecule has 0 bridgehead atoms. The van der Waals surface area contributed by atoms with E-state index in [1.165, 1.54) is 0 Å². The summed E-state index contributed by atoms with van der Waals surface area (Å²) in [6.45, 7) is 9.09. The molecule has 2 aromatic carbocycles. The number of rotatable bonds is 5. The zero-order valence-corrected chi connectivity index (χ0v) is 15.9.